The number of benzene rings is 1. The Morgan fingerprint density at radius 2 is 2.04 bits per heavy atom. The van der Waals surface area contributed by atoms with Crippen LogP contribution in [0.2, 0.25) is 5.02 Å². The molecule has 0 aliphatic rings. The summed E-state index contributed by atoms with van der Waals surface area (Å²) in [4.78, 5) is 17.0. The largest absolute Gasteiger partial charge is 0.422 e. The Hall–Kier alpha value is -2.40. The molecule has 0 fully saturated rings. The molecular formula is C17H13ClN2O3. The molecule has 0 bridgehead atoms. The Kier molecular flexibility index (Phi) is 3.13. The van der Waals surface area contributed by atoms with E-state index >= 15 is 0 Å². The summed E-state index contributed by atoms with van der Waals surface area (Å²) in [6, 6.07) is 5.20. The van der Waals surface area contributed by atoms with Gasteiger partial charge in [-0.2, -0.15) is 0 Å². The fraction of sp³-hybridized carbons (Fsp3) is 0.235. The molecule has 116 valence electrons. The van der Waals surface area contributed by atoms with Crippen molar-refractivity contribution < 1.29 is 8.94 Å². The van der Waals surface area contributed by atoms with E-state index in [1.807, 2.05) is 13.8 Å². The van der Waals surface area contributed by atoms with Crippen LogP contribution in [0.15, 0.2) is 31.9 Å². The second-order valence-electron chi connectivity index (χ2n) is 5.54. The van der Waals surface area contributed by atoms with E-state index in [9.17, 15) is 4.79 Å². The quantitative estimate of drug-likeness (QED) is 0.403. The molecule has 0 spiro atoms. The lowest BCUT2D eigenvalue weighted by Gasteiger charge is -2.08. The average Bonchev–Trinajstić information content (AvgIpc) is 2.89. The number of halogens is 1. The number of nitrogens with zero attached hydrogens (tertiary/aromatic N) is 2. The highest BCUT2D eigenvalue weighted by Crippen LogP contribution is 2.34. The van der Waals surface area contributed by atoms with Crippen LogP contribution in [0.5, 0.6) is 0 Å². The van der Waals surface area contributed by atoms with Gasteiger partial charge in [-0.1, -0.05) is 30.1 Å². The molecule has 0 atom stereocenters. The van der Waals surface area contributed by atoms with Crippen LogP contribution in [0, 0.1) is 6.92 Å². The molecule has 0 radical (unpaired) electrons. The Bertz CT molecular complexity index is 1130. The van der Waals surface area contributed by atoms with E-state index in [4.69, 9.17) is 20.5 Å². The van der Waals surface area contributed by atoms with E-state index in [-0.39, 0.29) is 0 Å². The summed E-state index contributed by atoms with van der Waals surface area (Å²) in [5.74, 6) is 0. The Balaban J connectivity index is 2.38. The van der Waals surface area contributed by atoms with Gasteiger partial charge in [0, 0.05) is 15.8 Å². The maximum absolute atomic E-state index is 12.6. The fourth-order valence-corrected chi connectivity index (χ4v) is 3.19. The van der Waals surface area contributed by atoms with Gasteiger partial charge in [0.05, 0.1) is 22.2 Å². The highest BCUT2D eigenvalue weighted by Gasteiger charge is 2.20. The summed E-state index contributed by atoms with van der Waals surface area (Å²) in [7, 11) is 0. The van der Waals surface area contributed by atoms with Gasteiger partial charge < -0.3 is 8.94 Å². The molecule has 23 heavy (non-hydrogen) atoms. The van der Waals surface area contributed by atoms with Crippen molar-refractivity contribution in [3.05, 3.63) is 45.0 Å². The summed E-state index contributed by atoms with van der Waals surface area (Å²) in [6.07, 6.45) is 1.51. The molecule has 3 aromatic heterocycles. The molecule has 0 aliphatic carbocycles. The number of aromatic nitrogens is 2. The minimum Gasteiger partial charge on any atom is -0.422 e. The minimum absolute atomic E-state index is 0.395. The first kappa shape index (κ1) is 14.2. The van der Waals surface area contributed by atoms with Crippen LogP contribution in [-0.2, 0) is 6.42 Å². The normalized spacial score (nSPS) is 11.8. The van der Waals surface area contributed by atoms with E-state index in [0.717, 1.165) is 22.6 Å². The standard InChI is InChI=1S/C17H13ClN2O3/c1-3-4-11-15-14(13-8(2)20-23-16(13)19-11)10-7-9(18)5-6-12(10)22-17(15)21/h5-7H,3-4H2,1-2H3. The van der Waals surface area contributed by atoms with Crippen molar-refractivity contribution in [2.45, 2.75) is 26.7 Å². The van der Waals surface area contributed by atoms with Crippen molar-refractivity contribution in [2.75, 3.05) is 0 Å². The van der Waals surface area contributed by atoms with E-state index in [1.165, 1.54) is 0 Å². The molecule has 1 aromatic carbocycles. The Morgan fingerprint density at radius 3 is 2.83 bits per heavy atom. The summed E-state index contributed by atoms with van der Waals surface area (Å²) < 4.78 is 10.8. The molecule has 0 N–H and O–H groups in total. The molecule has 4 aromatic rings. The van der Waals surface area contributed by atoms with E-state index in [0.29, 0.717) is 39.5 Å². The highest BCUT2D eigenvalue weighted by molar-refractivity contribution is 6.32. The van der Waals surface area contributed by atoms with E-state index in [1.54, 1.807) is 18.2 Å². The lowest BCUT2D eigenvalue weighted by atomic mass is 10.0. The van der Waals surface area contributed by atoms with Crippen LogP contribution in [-0.4, -0.2) is 10.1 Å². The predicted octanol–water partition coefficient (Wildman–Crippen LogP) is 4.40. The second-order valence-corrected chi connectivity index (χ2v) is 5.97. The number of fused-ring (bicyclic) bond motifs is 5. The molecule has 0 saturated carbocycles. The number of rotatable bonds is 2. The van der Waals surface area contributed by atoms with Crippen molar-refractivity contribution >= 4 is 44.4 Å². The molecular weight excluding hydrogens is 316 g/mol. The van der Waals surface area contributed by atoms with Crippen molar-refractivity contribution in [2.24, 2.45) is 0 Å². The van der Waals surface area contributed by atoms with Gasteiger partial charge >= 0.3 is 5.63 Å². The zero-order valence-corrected chi connectivity index (χ0v) is 13.4. The number of aryl methyl sites for hydroxylation is 2. The molecule has 0 saturated heterocycles. The lowest BCUT2D eigenvalue weighted by Crippen LogP contribution is -2.06. The SMILES string of the molecule is CCCc1nc2onc(C)c2c2c1c(=O)oc1ccc(Cl)cc12. The van der Waals surface area contributed by atoms with Gasteiger partial charge in [0.1, 0.15) is 5.58 Å². The van der Waals surface area contributed by atoms with Crippen LogP contribution in [0.4, 0.5) is 0 Å². The number of hydrogen-bond acceptors (Lipinski definition) is 5. The van der Waals surface area contributed by atoms with Crippen molar-refractivity contribution in [1.29, 1.82) is 0 Å². The maximum atomic E-state index is 12.6. The summed E-state index contributed by atoms with van der Waals surface area (Å²) in [6.45, 7) is 3.86. The monoisotopic (exact) mass is 328 g/mol. The first-order valence-corrected chi connectivity index (χ1v) is 7.79. The summed E-state index contributed by atoms with van der Waals surface area (Å²) >= 11 is 6.15. The Morgan fingerprint density at radius 1 is 1.22 bits per heavy atom. The summed E-state index contributed by atoms with van der Waals surface area (Å²) in [5.41, 5.74) is 1.88. The van der Waals surface area contributed by atoms with Gasteiger partial charge in [-0.25, -0.2) is 9.78 Å². The summed E-state index contributed by atoms with van der Waals surface area (Å²) in [5, 5.41) is 7.32. The van der Waals surface area contributed by atoms with Crippen molar-refractivity contribution in [3.63, 3.8) is 0 Å². The van der Waals surface area contributed by atoms with Gasteiger partial charge in [0.2, 0.25) is 0 Å². The second kappa shape index (κ2) is 5.06. The van der Waals surface area contributed by atoms with E-state index < -0.39 is 5.63 Å². The van der Waals surface area contributed by atoms with Crippen molar-refractivity contribution in [1.82, 2.24) is 10.1 Å². The zero-order chi connectivity index (χ0) is 16.1. The number of pyridine rings is 1. The number of hydrogen-bond donors (Lipinski definition) is 0. The van der Waals surface area contributed by atoms with Crippen LogP contribution < -0.4 is 5.63 Å². The topological polar surface area (TPSA) is 69.1 Å². The third-order valence-corrected chi connectivity index (χ3v) is 4.21. The molecule has 5 nitrogen and oxygen atoms in total. The minimum atomic E-state index is -0.395. The average molecular weight is 329 g/mol. The maximum Gasteiger partial charge on any atom is 0.346 e. The first-order valence-electron chi connectivity index (χ1n) is 7.41. The molecule has 4 rings (SSSR count). The first-order chi connectivity index (χ1) is 11.1. The van der Waals surface area contributed by atoms with Crippen LogP contribution in [0.3, 0.4) is 0 Å². The molecule has 3 heterocycles. The lowest BCUT2D eigenvalue weighted by molar-refractivity contribution is 0.442. The predicted molar refractivity (Wildman–Crippen MR) is 89.1 cm³/mol. The van der Waals surface area contributed by atoms with Crippen LogP contribution >= 0.6 is 11.6 Å². The van der Waals surface area contributed by atoms with E-state index in [2.05, 4.69) is 10.1 Å². The van der Waals surface area contributed by atoms with Crippen LogP contribution in [0.25, 0.3) is 32.8 Å². The zero-order valence-electron chi connectivity index (χ0n) is 12.6. The molecule has 6 heteroatoms. The molecule has 0 aliphatic heterocycles. The van der Waals surface area contributed by atoms with Gasteiger partial charge in [-0.05, 0) is 31.5 Å². The van der Waals surface area contributed by atoms with Gasteiger partial charge in [-0.15, -0.1) is 0 Å². The Labute approximate surface area is 135 Å². The van der Waals surface area contributed by atoms with Crippen LogP contribution in [0.1, 0.15) is 24.7 Å². The molecule has 0 amide bonds. The van der Waals surface area contributed by atoms with Gasteiger partial charge in [0.25, 0.3) is 5.71 Å². The van der Waals surface area contributed by atoms with Crippen molar-refractivity contribution in [3.8, 4) is 0 Å². The van der Waals surface area contributed by atoms with Gasteiger partial charge in [-0.3, -0.25) is 0 Å². The smallest absolute Gasteiger partial charge is 0.346 e. The molecule has 0 unspecified atom stereocenters. The fourth-order valence-electron chi connectivity index (χ4n) is 3.01. The third kappa shape index (κ3) is 2.04. The van der Waals surface area contributed by atoms with Gasteiger partial charge in [0.15, 0.2) is 0 Å². The third-order valence-electron chi connectivity index (χ3n) is 3.97. The highest BCUT2D eigenvalue weighted by atomic mass is 35.5.